The lowest BCUT2D eigenvalue weighted by molar-refractivity contribution is -0.120. The number of nitrogens with one attached hydrogen (secondary N) is 1. The summed E-state index contributed by atoms with van der Waals surface area (Å²) < 4.78 is 5.31. The van der Waals surface area contributed by atoms with E-state index in [1.807, 2.05) is 25.1 Å². The van der Waals surface area contributed by atoms with Crippen molar-refractivity contribution in [1.82, 2.24) is 0 Å². The lowest BCUT2D eigenvalue weighted by Gasteiger charge is -2.16. The van der Waals surface area contributed by atoms with E-state index in [4.69, 9.17) is 10.00 Å². The average Bonchev–Trinajstić information content (AvgIpc) is 2.47. The highest BCUT2D eigenvalue weighted by molar-refractivity contribution is 5.93. The van der Waals surface area contributed by atoms with Gasteiger partial charge in [-0.1, -0.05) is 38.8 Å². The second kappa shape index (κ2) is 8.98. The van der Waals surface area contributed by atoms with Crippen LogP contribution in [0.15, 0.2) is 24.3 Å². The molecule has 4 nitrogen and oxygen atoms in total. The summed E-state index contributed by atoms with van der Waals surface area (Å²) in [5.74, 6) is 0.584. The van der Waals surface area contributed by atoms with Gasteiger partial charge in [-0.3, -0.25) is 4.79 Å². The molecule has 1 rings (SSSR count). The second-order valence-corrected chi connectivity index (χ2v) is 4.68. The Labute approximate surface area is 120 Å². The van der Waals surface area contributed by atoms with Crippen molar-refractivity contribution in [3.8, 4) is 11.8 Å². The van der Waals surface area contributed by atoms with E-state index in [2.05, 4.69) is 12.2 Å². The Morgan fingerprint density at radius 3 is 2.80 bits per heavy atom. The fourth-order valence-electron chi connectivity index (χ4n) is 2.01. The number of benzene rings is 1. The summed E-state index contributed by atoms with van der Waals surface area (Å²) in [5.41, 5.74) is 0.627. The van der Waals surface area contributed by atoms with Crippen LogP contribution in [-0.4, -0.2) is 12.5 Å². The van der Waals surface area contributed by atoms with E-state index in [1.54, 1.807) is 12.1 Å². The zero-order valence-corrected chi connectivity index (χ0v) is 12.2. The lowest BCUT2D eigenvalue weighted by atomic mass is 9.98. The molecule has 0 aliphatic rings. The molecule has 0 aliphatic heterocycles. The van der Waals surface area contributed by atoms with Crippen molar-refractivity contribution in [2.75, 3.05) is 11.9 Å². The van der Waals surface area contributed by atoms with Gasteiger partial charge in [0.15, 0.2) is 6.61 Å². The molecule has 1 N–H and O–H groups in total. The van der Waals surface area contributed by atoms with Crippen LogP contribution < -0.4 is 10.1 Å². The van der Waals surface area contributed by atoms with Crippen LogP contribution in [0, 0.1) is 17.2 Å². The molecule has 20 heavy (non-hydrogen) atoms. The van der Waals surface area contributed by atoms with Gasteiger partial charge in [0.25, 0.3) is 0 Å². The molecule has 0 radical (unpaired) electrons. The van der Waals surface area contributed by atoms with Crippen molar-refractivity contribution in [2.45, 2.75) is 39.5 Å². The van der Waals surface area contributed by atoms with Crippen LogP contribution in [0.3, 0.4) is 0 Å². The van der Waals surface area contributed by atoms with Crippen LogP contribution in [0.25, 0.3) is 0 Å². The Balaban J connectivity index is 2.71. The highest BCUT2D eigenvalue weighted by atomic mass is 16.5. The number of hydrogen-bond acceptors (Lipinski definition) is 3. The normalized spacial score (nSPS) is 11.4. The molecule has 0 spiro atoms. The predicted molar refractivity (Wildman–Crippen MR) is 79.5 cm³/mol. The largest absolute Gasteiger partial charge is 0.477 e. The highest BCUT2D eigenvalue weighted by Gasteiger charge is 2.17. The highest BCUT2D eigenvalue weighted by Crippen LogP contribution is 2.25. The fourth-order valence-corrected chi connectivity index (χ4v) is 2.01. The van der Waals surface area contributed by atoms with Gasteiger partial charge in [0.2, 0.25) is 5.91 Å². The molecular weight excluding hydrogens is 252 g/mol. The Bertz CT molecular complexity index is 466. The van der Waals surface area contributed by atoms with E-state index in [9.17, 15) is 4.79 Å². The molecular formula is C16H22N2O2. The first kappa shape index (κ1) is 16.0. The molecule has 1 aromatic carbocycles. The van der Waals surface area contributed by atoms with E-state index >= 15 is 0 Å². The molecule has 0 fully saturated rings. The standard InChI is InChI=1S/C16H22N2O2/c1-3-5-8-13(4-2)16(19)18-14-9-6-7-10-15(14)20-12-11-17/h6-7,9-10,13H,3-5,8,12H2,1-2H3,(H,18,19). The Morgan fingerprint density at radius 2 is 2.15 bits per heavy atom. The first-order valence-electron chi connectivity index (χ1n) is 7.12. The van der Waals surface area contributed by atoms with Crippen LogP contribution in [-0.2, 0) is 4.79 Å². The number of nitrogens with zero attached hydrogens (tertiary/aromatic N) is 1. The maximum Gasteiger partial charge on any atom is 0.227 e. The maximum absolute atomic E-state index is 12.2. The number of carbonyl (C=O) groups is 1. The van der Waals surface area contributed by atoms with Gasteiger partial charge in [0.1, 0.15) is 11.8 Å². The van der Waals surface area contributed by atoms with Gasteiger partial charge in [0.05, 0.1) is 5.69 Å². The quantitative estimate of drug-likeness (QED) is 0.785. The molecule has 0 heterocycles. The minimum atomic E-state index is -0.0279. The fraction of sp³-hybridized carbons (Fsp3) is 0.500. The summed E-state index contributed by atoms with van der Waals surface area (Å²) in [5, 5.41) is 11.5. The molecule has 4 heteroatoms. The van der Waals surface area contributed by atoms with E-state index in [0.717, 1.165) is 25.7 Å². The first-order valence-corrected chi connectivity index (χ1v) is 7.12. The third kappa shape index (κ3) is 4.93. The monoisotopic (exact) mass is 274 g/mol. The number of ether oxygens (including phenoxy) is 1. The van der Waals surface area contributed by atoms with Gasteiger partial charge in [-0.05, 0) is 25.0 Å². The topological polar surface area (TPSA) is 62.1 Å². The molecule has 1 aromatic rings. The summed E-state index contributed by atoms with van der Waals surface area (Å²) in [6.07, 6.45) is 3.87. The molecule has 108 valence electrons. The number of nitriles is 1. The van der Waals surface area contributed by atoms with Crippen LogP contribution in [0.5, 0.6) is 5.75 Å². The molecule has 0 saturated carbocycles. The van der Waals surface area contributed by atoms with E-state index in [1.165, 1.54) is 0 Å². The summed E-state index contributed by atoms with van der Waals surface area (Å²) in [7, 11) is 0. The van der Waals surface area contributed by atoms with Crippen LogP contribution in [0.1, 0.15) is 39.5 Å². The van der Waals surface area contributed by atoms with E-state index < -0.39 is 0 Å². The van der Waals surface area contributed by atoms with Gasteiger partial charge in [-0.25, -0.2) is 0 Å². The van der Waals surface area contributed by atoms with Crippen molar-refractivity contribution >= 4 is 11.6 Å². The Morgan fingerprint density at radius 1 is 1.40 bits per heavy atom. The second-order valence-electron chi connectivity index (χ2n) is 4.68. The van der Waals surface area contributed by atoms with Gasteiger partial charge in [-0.2, -0.15) is 5.26 Å². The third-order valence-corrected chi connectivity index (χ3v) is 3.21. The number of amides is 1. The van der Waals surface area contributed by atoms with Crippen LogP contribution >= 0.6 is 0 Å². The molecule has 0 bridgehead atoms. The molecule has 1 unspecified atom stereocenters. The molecule has 1 amide bonds. The van der Waals surface area contributed by atoms with Crippen molar-refractivity contribution in [2.24, 2.45) is 5.92 Å². The summed E-state index contributed by atoms with van der Waals surface area (Å²) in [6.45, 7) is 4.12. The Hall–Kier alpha value is -2.02. The minimum absolute atomic E-state index is 0.0222. The summed E-state index contributed by atoms with van der Waals surface area (Å²) in [4.78, 5) is 12.2. The van der Waals surface area contributed by atoms with Gasteiger partial charge in [0, 0.05) is 5.92 Å². The summed E-state index contributed by atoms with van der Waals surface area (Å²) in [6, 6.07) is 9.11. The third-order valence-electron chi connectivity index (χ3n) is 3.21. The SMILES string of the molecule is CCCCC(CC)C(=O)Nc1ccccc1OCC#N. The molecule has 0 aliphatic carbocycles. The van der Waals surface area contributed by atoms with Crippen molar-refractivity contribution in [1.29, 1.82) is 5.26 Å². The number of carbonyl (C=O) groups excluding carboxylic acids is 1. The van der Waals surface area contributed by atoms with Crippen molar-refractivity contribution in [3.05, 3.63) is 24.3 Å². The van der Waals surface area contributed by atoms with Gasteiger partial charge >= 0.3 is 0 Å². The summed E-state index contributed by atoms with van der Waals surface area (Å²) >= 11 is 0. The average molecular weight is 274 g/mol. The lowest BCUT2D eigenvalue weighted by Crippen LogP contribution is -2.22. The van der Waals surface area contributed by atoms with Crippen LogP contribution in [0.4, 0.5) is 5.69 Å². The van der Waals surface area contributed by atoms with Crippen LogP contribution in [0.2, 0.25) is 0 Å². The predicted octanol–water partition coefficient (Wildman–Crippen LogP) is 3.74. The number of unbranched alkanes of at least 4 members (excludes halogenated alkanes) is 1. The number of anilines is 1. The van der Waals surface area contributed by atoms with E-state index in [0.29, 0.717) is 11.4 Å². The maximum atomic E-state index is 12.2. The zero-order chi connectivity index (χ0) is 14.8. The molecule has 1 atom stereocenters. The van der Waals surface area contributed by atoms with Crippen molar-refractivity contribution < 1.29 is 9.53 Å². The first-order chi connectivity index (χ1) is 9.72. The number of rotatable bonds is 8. The van der Waals surface area contributed by atoms with Gasteiger partial charge in [-0.15, -0.1) is 0 Å². The van der Waals surface area contributed by atoms with E-state index in [-0.39, 0.29) is 18.4 Å². The smallest absolute Gasteiger partial charge is 0.227 e. The van der Waals surface area contributed by atoms with Crippen molar-refractivity contribution in [3.63, 3.8) is 0 Å². The number of para-hydroxylation sites is 2. The molecule has 0 saturated heterocycles. The number of hydrogen-bond donors (Lipinski definition) is 1. The van der Waals surface area contributed by atoms with Gasteiger partial charge < -0.3 is 10.1 Å². The zero-order valence-electron chi connectivity index (χ0n) is 12.2. The molecule has 0 aromatic heterocycles. The Kier molecular flexibility index (Phi) is 7.20. The minimum Gasteiger partial charge on any atom is -0.477 e.